The minimum atomic E-state index is -4.61. The summed E-state index contributed by atoms with van der Waals surface area (Å²) in [6.07, 6.45) is -17.1. The van der Waals surface area contributed by atoms with E-state index in [0.29, 0.717) is 6.42 Å². The highest BCUT2D eigenvalue weighted by atomic mass is 28.5. The van der Waals surface area contributed by atoms with Crippen LogP contribution in [0.4, 0.5) is 39.5 Å². The van der Waals surface area contributed by atoms with Gasteiger partial charge >= 0.3 is 52.8 Å². The smallest absolute Gasteiger partial charge is 0.389 e. The Hall–Kier alpha value is 0.0775. The molecule has 4 nitrogen and oxygen atoms in total. The van der Waals surface area contributed by atoms with Crippen LogP contribution in [-0.4, -0.2) is 52.8 Å². The Labute approximate surface area is 192 Å². The SMILES string of the molecule is CCC[Si]1(C)O[Si](C)(CCC(F)(F)F)O[Si](C)(CCC(F)(F)F)O[Si](C)(CCC(F)(F)F)O1. The van der Waals surface area contributed by atoms with Crippen molar-refractivity contribution in [2.24, 2.45) is 0 Å². The molecule has 0 spiro atoms. The quantitative estimate of drug-likeness (QED) is 0.222. The zero-order valence-electron chi connectivity index (χ0n) is 19.2. The van der Waals surface area contributed by atoms with Gasteiger partial charge in [0.15, 0.2) is 0 Å². The van der Waals surface area contributed by atoms with Crippen LogP contribution in [0.2, 0.25) is 50.4 Å². The molecule has 0 radical (unpaired) electrons. The second-order valence-corrected chi connectivity index (χ2v) is 23.4. The fraction of sp³-hybridized carbons (Fsp3) is 1.00. The third kappa shape index (κ3) is 12.0. The van der Waals surface area contributed by atoms with Gasteiger partial charge in [0.2, 0.25) is 0 Å². The molecule has 1 fully saturated rings. The lowest BCUT2D eigenvalue weighted by Crippen LogP contribution is -2.67. The van der Waals surface area contributed by atoms with Gasteiger partial charge in [-0.05, 0) is 50.4 Å². The van der Waals surface area contributed by atoms with Crippen LogP contribution in [0.25, 0.3) is 0 Å². The minimum Gasteiger partial charge on any atom is -0.416 e. The van der Waals surface area contributed by atoms with Crippen molar-refractivity contribution in [3.05, 3.63) is 0 Å². The highest BCUT2D eigenvalue weighted by molar-refractivity contribution is 6.93. The van der Waals surface area contributed by atoms with E-state index in [9.17, 15) is 39.5 Å². The number of alkyl halides is 9. The van der Waals surface area contributed by atoms with E-state index in [-0.39, 0.29) is 6.04 Å². The maximum atomic E-state index is 13.0. The molecule has 17 heteroatoms. The van der Waals surface area contributed by atoms with Crippen molar-refractivity contribution in [2.75, 3.05) is 0 Å². The summed E-state index contributed by atoms with van der Waals surface area (Å²) in [6, 6.07) is -1.57. The molecule has 0 N–H and O–H groups in total. The number of hydrogen-bond donors (Lipinski definition) is 0. The summed E-state index contributed by atoms with van der Waals surface area (Å²) in [4.78, 5) is 0. The second-order valence-electron chi connectivity index (χ2n) is 9.04. The lowest BCUT2D eigenvalue weighted by Gasteiger charge is -2.50. The molecule has 0 aromatic rings. The van der Waals surface area contributed by atoms with E-state index < -0.39 is 90.2 Å². The molecule has 33 heavy (non-hydrogen) atoms. The summed E-state index contributed by atoms with van der Waals surface area (Å²) in [6.45, 7) is 7.22. The van der Waals surface area contributed by atoms with Crippen LogP contribution < -0.4 is 0 Å². The predicted molar refractivity (Wildman–Crippen MR) is 112 cm³/mol. The summed E-state index contributed by atoms with van der Waals surface area (Å²) >= 11 is 0. The molecule has 1 rings (SSSR count). The van der Waals surface area contributed by atoms with Gasteiger partial charge in [-0.2, -0.15) is 39.5 Å². The Morgan fingerprint density at radius 2 is 0.667 bits per heavy atom. The maximum absolute atomic E-state index is 13.0. The van der Waals surface area contributed by atoms with E-state index in [1.54, 1.807) is 13.5 Å². The number of halogens is 9. The van der Waals surface area contributed by atoms with Gasteiger partial charge < -0.3 is 16.5 Å². The summed E-state index contributed by atoms with van der Waals surface area (Å²) in [5.74, 6) is 0. The third-order valence-corrected chi connectivity index (χ3v) is 23.7. The van der Waals surface area contributed by atoms with Gasteiger partial charge in [-0.3, -0.25) is 0 Å². The van der Waals surface area contributed by atoms with E-state index in [1.807, 2.05) is 0 Å². The molecule has 1 saturated heterocycles. The van der Waals surface area contributed by atoms with Gasteiger partial charge in [0.05, 0.1) is 0 Å². The van der Waals surface area contributed by atoms with Crippen molar-refractivity contribution in [3.8, 4) is 0 Å². The van der Waals surface area contributed by atoms with Crippen molar-refractivity contribution in [3.63, 3.8) is 0 Å². The summed E-state index contributed by atoms with van der Waals surface area (Å²) in [7, 11) is -14.8. The lowest BCUT2D eigenvalue weighted by atomic mass is 10.5. The average molecular weight is 571 g/mol. The Kier molecular flexibility index (Phi) is 9.99. The molecule has 2 atom stereocenters. The first-order valence-electron chi connectivity index (χ1n) is 10.5. The zero-order chi connectivity index (χ0) is 26.0. The Balaban J connectivity index is 3.39. The fourth-order valence-corrected chi connectivity index (χ4v) is 27.0. The first-order chi connectivity index (χ1) is 14.5. The standard InChI is InChI=1S/C16H31F9O4Si4/c1-6-10-30(2)26-31(3,11-7-14(17,18)19)28-33(5,13-9-16(23,24)25)29-32(4,27-30)12-8-15(20,21)22/h6-13H2,1-5H3. The first-order valence-corrected chi connectivity index (χ1v) is 20.6. The van der Waals surface area contributed by atoms with E-state index in [0.717, 1.165) is 0 Å². The van der Waals surface area contributed by atoms with Crippen LogP contribution in [0.5, 0.6) is 0 Å². The largest absolute Gasteiger partial charge is 0.416 e. The monoisotopic (exact) mass is 570 g/mol. The molecule has 0 bridgehead atoms. The summed E-state index contributed by atoms with van der Waals surface area (Å²) in [5.41, 5.74) is 0. The van der Waals surface area contributed by atoms with Crippen LogP contribution >= 0.6 is 0 Å². The van der Waals surface area contributed by atoms with Crippen molar-refractivity contribution < 1.29 is 56.0 Å². The Morgan fingerprint density at radius 1 is 0.455 bits per heavy atom. The average Bonchev–Trinajstić information content (AvgIpc) is 2.54. The molecule has 1 aliphatic heterocycles. The number of hydrogen-bond acceptors (Lipinski definition) is 4. The molecule has 1 aliphatic rings. The Morgan fingerprint density at radius 3 is 0.848 bits per heavy atom. The molecule has 0 aliphatic carbocycles. The molecule has 198 valence electrons. The highest BCUT2D eigenvalue weighted by Gasteiger charge is 2.58. The third-order valence-electron chi connectivity index (χ3n) is 5.02. The van der Waals surface area contributed by atoms with Gasteiger partial charge in [-0.25, -0.2) is 0 Å². The van der Waals surface area contributed by atoms with Crippen molar-refractivity contribution in [1.82, 2.24) is 0 Å². The van der Waals surface area contributed by atoms with Gasteiger partial charge in [-0.1, -0.05) is 13.3 Å². The lowest BCUT2D eigenvalue weighted by molar-refractivity contribution is -0.132. The van der Waals surface area contributed by atoms with E-state index in [2.05, 4.69) is 0 Å². The van der Waals surface area contributed by atoms with Crippen LogP contribution in [0.15, 0.2) is 0 Å². The van der Waals surface area contributed by atoms with E-state index in [1.165, 1.54) is 19.6 Å². The Bertz CT molecular complexity index is 611. The van der Waals surface area contributed by atoms with Gasteiger partial charge in [0.1, 0.15) is 0 Å². The van der Waals surface area contributed by atoms with Crippen molar-refractivity contribution in [1.29, 1.82) is 0 Å². The van der Waals surface area contributed by atoms with Crippen molar-refractivity contribution in [2.45, 2.75) is 102 Å². The van der Waals surface area contributed by atoms with Crippen LogP contribution in [0.3, 0.4) is 0 Å². The topological polar surface area (TPSA) is 36.9 Å². The molecule has 2 unspecified atom stereocenters. The summed E-state index contributed by atoms with van der Waals surface area (Å²) < 4.78 is 141. The maximum Gasteiger partial charge on any atom is 0.389 e. The van der Waals surface area contributed by atoms with Gasteiger partial charge in [-0.15, -0.1) is 0 Å². The minimum absolute atomic E-state index is 0.268. The molecular formula is C16H31F9O4Si4. The van der Waals surface area contributed by atoms with Gasteiger partial charge in [0, 0.05) is 19.3 Å². The van der Waals surface area contributed by atoms with E-state index in [4.69, 9.17) is 16.5 Å². The second kappa shape index (κ2) is 10.6. The van der Waals surface area contributed by atoms with Crippen LogP contribution in [0.1, 0.15) is 32.6 Å². The van der Waals surface area contributed by atoms with Crippen LogP contribution in [0, 0.1) is 0 Å². The molecule has 0 saturated carbocycles. The molecule has 0 amide bonds. The first kappa shape index (κ1) is 31.1. The van der Waals surface area contributed by atoms with Crippen LogP contribution in [-0.2, 0) is 16.5 Å². The van der Waals surface area contributed by atoms with Crippen molar-refractivity contribution >= 4 is 34.2 Å². The summed E-state index contributed by atoms with van der Waals surface area (Å²) in [5, 5.41) is 0. The zero-order valence-corrected chi connectivity index (χ0v) is 23.2. The molecular weight excluding hydrogens is 539 g/mol. The predicted octanol–water partition coefficient (Wildman–Crippen LogP) is 7.62. The normalized spacial score (nSPS) is 34.7. The van der Waals surface area contributed by atoms with E-state index >= 15 is 0 Å². The number of rotatable bonds is 8. The highest BCUT2D eigenvalue weighted by Crippen LogP contribution is 2.41. The molecule has 1 heterocycles. The van der Waals surface area contributed by atoms with Gasteiger partial charge in [0.25, 0.3) is 0 Å². The fourth-order valence-electron chi connectivity index (χ4n) is 3.88. The molecule has 0 aromatic carbocycles. The molecule has 0 aromatic heterocycles.